The molecule has 4 nitrogen and oxygen atoms in total. The van der Waals surface area contributed by atoms with E-state index < -0.39 is 10.0 Å². The maximum Gasteiger partial charge on any atom is 0.336 e. The fourth-order valence-electron chi connectivity index (χ4n) is 0.240. The van der Waals surface area contributed by atoms with Gasteiger partial charge in [0.1, 0.15) is 0 Å². The third-order valence-electron chi connectivity index (χ3n) is 0.547. The van der Waals surface area contributed by atoms with Crippen LogP contribution in [0.4, 0.5) is 0 Å². The first-order valence-electron chi connectivity index (χ1n) is 2.18. The molecule has 1 atom stereocenters. The highest BCUT2D eigenvalue weighted by Gasteiger charge is 2.11. The van der Waals surface area contributed by atoms with Crippen LogP contribution in [-0.2, 0) is 9.59 Å². The van der Waals surface area contributed by atoms with E-state index in [4.69, 9.17) is 5.11 Å². The Balaban J connectivity index is 3.63. The van der Waals surface area contributed by atoms with E-state index in [-0.39, 0.29) is 5.91 Å². The number of carbonyl (C=O) groups is 2. The number of carbonyl (C=O) groups excluding carboxylic acids is 1. The lowest BCUT2D eigenvalue weighted by molar-refractivity contribution is -0.138. The van der Waals surface area contributed by atoms with E-state index in [1.165, 1.54) is 6.92 Å². The Morgan fingerprint density at radius 3 is 2.22 bits per heavy atom. The third kappa shape index (κ3) is 4.19. The molecule has 0 radical (unpaired) electrons. The normalized spacial score (nSPS) is 12.2. The molecule has 9 heavy (non-hydrogen) atoms. The third-order valence-corrected chi connectivity index (χ3v) is 1.39. The first-order chi connectivity index (χ1) is 4.04. The van der Waals surface area contributed by atoms with Crippen LogP contribution in [0.3, 0.4) is 0 Å². The Bertz CT molecular complexity index is 136. The first kappa shape index (κ1) is 8.67. The van der Waals surface area contributed by atoms with E-state index in [0.29, 0.717) is 0 Å². The molecule has 0 aliphatic carbocycles. The lowest BCUT2D eigenvalue weighted by atomic mass is 10.6. The minimum absolute atomic E-state index is 0.336. The summed E-state index contributed by atoms with van der Waals surface area (Å²) in [4.78, 5) is 20.2. The molecule has 0 spiro atoms. The van der Waals surface area contributed by atoms with Gasteiger partial charge in [-0.05, 0) is 22.6 Å². The lowest BCUT2D eigenvalue weighted by Crippen LogP contribution is -2.34. The van der Waals surface area contributed by atoms with Crippen LogP contribution in [0, 0.1) is 0 Å². The van der Waals surface area contributed by atoms with Gasteiger partial charge in [-0.15, -0.1) is 0 Å². The molecule has 0 bridgehead atoms. The summed E-state index contributed by atoms with van der Waals surface area (Å²) in [6.45, 7) is 1.27. The molecule has 1 amide bonds. The number of halogens is 1. The molecular weight excluding hydrogens is 237 g/mol. The molecule has 5 heteroatoms. The molecule has 0 fully saturated rings. The number of hydrogen-bond donors (Lipinski definition) is 2. The van der Waals surface area contributed by atoms with Gasteiger partial charge in [0.05, 0.1) is 0 Å². The Morgan fingerprint density at radius 1 is 1.67 bits per heavy atom. The summed E-state index contributed by atoms with van der Waals surface area (Å²) in [7, 11) is 0. The van der Waals surface area contributed by atoms with Crippen molar-refractivity contribution in [2.75, 3.05) is 0 Å². The largest absolute Gasteiger partial charge is 0.479 e. The minimum atomic E-state index is -1.04. The Hall–Kier alpha value is -0.330. The average molecular weight is 243 g/mol. The van der Waals surface area contributed by atoms with Crippen molar-refractivity contribution in [2.24, 2.45) is 0 Å². The van der Waals surface area contributed by atoms with Crippen molar-refractivity contribution in [3.05, 3.63) is 0 Å². The van der Waals surface area contributed by atoms with Gasteiger partial charge in [0.15, 0.2) is 4.05 Å². The van der Waals surface area contributed by atoms with Gasteiger partial charge in [0, 0.05) is 6.92 Å². The van der Waals surface area contributed by atoms with E-state index in [2.05, 4.69) is 5.32 Å². The van der Waals surface area contributed by atoms with E-state index in [1.807, 2.05) is 0 Å². The number of carboxylic acid groups (broad SMARTS) is 1. The van der Waals surface area contributed by atoms with Crippen LogP contribution >= 0.6 is 22.6 Å². The Kier molecular flexibility index (Phi) is 3.52. The van der Waals surface area contributed by atoms with E-state index in [0.717, 1.165) is 0 Å². The van der Waals surface area contributed by atoms with Gasteiger partial charge >= 0.3 is 5.97 Å². The minimum Gasteiger partial charge on any atom is -0.479 e. The summed E-state index contributed by atoms with van der Waals surface area (Å²) in [6, 6.07) is 0. The maximum atomic E-state index is 10.2. The fourth-order valence-corrected chi connectivity index (χ4v) is 0.679. The summed E-state index contributed by atoms with van der Waals surface area (Å²) < 4.78 is -0.819. The number of nitrogens with one attached hydrogen (secondary N) is 1. The van der Waals surface area contributed by atoms with Crippen LogP contribution in [0.15, 0.2) is 0 Å². The number of alkyl halides is 1. The number of hydrogen-bond acceptors (Lipinski definition) is 2. The number of rotatable bonds is 2. The average Bonchev–Trinajstić information content (AvgIpc) is 1.63. The predicted octanol–water partition coefficient (Wildman–Crippen LogP) is -0.0318. The summed E-state index contributed by atoms with van der Waals surface area (Å²) >= 11 is 1.62. The SMILES string of the molecule is CC(=O)NC(I)C(=O)O. The standard InChI is InChI=1S/C4H6INO3/c1-2(7)6-3(5)4(8)9/h3H,1H3,(H,6,7)(H,8,9). The van der Waals surface area contributed by atoms with E-state index >= 15 is 0 Å². The van der Waals surface area contributed by atoms with E-state index in [9.17, 15) is 9.59 Å². The topological polar surface area (TPSA) is 66.4 Å². The molecular formula is C4H6INO3. The van der Waals surface area contributed by atoms with Crippen LogP contribution in [0.5, 0.6) is 0 Å². The van der Waals surface area contributed by atoms with Gasteiger partial charge in [0.25, 0.3) is 0 Å². The lowest BCUT2D eigenvalue weighted by Gasteiger charge is -2.02. The number of carboxylic acids is 1. The van der Waals surface area contributed by atoms with Gasteiger partial charge in [-0.1, -0.05) is 0 Å². The molecule has 0 rings (SSSR count). The molecule has 0 aromatic heterocycles. The Morgan fingerprint density at radius 2 is 2.11 bits per heavy atom. The summed E-state index contributed by atoms with van der Waals surface area (Å²) in [6.07, 6.45) is 0. The maximum absolute atomic E-state index is 10.2. The van der Waals surface area contributed by atoms with Crippen molar-refractivity contribution in [3.63, 3.8) is 0 Å². The second kappa shape index (κ2) is 3.65. The van der Waals surface area contributed by atoms with Crippen molar-refractivity contribution in [1.29, 1.82) is 0 Å². The van der Waals surface area contributed by atoms with Crippen molar-refractivity contribution in [1.82, 2.24) is 5.32 Å². The van der Waals surface area contributed by atoms with Crippen molar-refractivity contribution in [3.8, 4) is 0 Å². The van der Waals surface area contributed by atoms with Gasteiger partial charge in [-0.3, -0.25) is 4.79 Å². The monoisotopic (exact) mass is 243 g/mol. The van der Waals surface area contributed by atoms with Gasteiger partial charge in [-0.25, -0.2) is 4.79 Å². The zero-order valence-corrected chi connectivity index (χ0v) is 6.88. The van der Waals surface area contributed by atoms with E-state index in [1.54, 1.807) is 22.6 Å². The van der Waals surface area contributed by atoms with Crippen LogP contribution in [0.1, 0.15) is 6.92 Å². The van der Waals surface area contributed by atoms with Crippen LogP contribution in [0.25, 0.3) is 0 Å². The number of amides is 1. The second-order valence-corrected chi connectivity index (χ2v) is 2.65. The molecule has 2 N–H and O–H groups in total. The molecule has 0 saturated heterocycles. The van der Waals surface area contributed by atoms with Gasteiger partial charge in [-0.2, -0.15) is 0 Å². The zero-order valence-electron chi connectivity index (χ0n) is 4.72. The smallest absolute Gasteiger partial charge is 0.336 e. The molecule has 0 aliphatic heterocycles. The highest BCUT2D eigenvalue weighted by molar-refractivity contribution is 14.1. The van der Waals surface area contributed by atoms with Crippen LogP contribution in [0.2, 0.25) is 0 Å². The predicted molar refractivity (Wildman–Crippen MR) is 39.3 cm³/mol. The Labute approximate surface area is 65.8 Å². The highest BCUT2D eigenvalue weighted by atomic mass is 127. The second-order valence-electron chi connectivity index (χ2n) is 1.40. The summed E-state index contributed by atoms with van der Waals surface area (Å²) in [5, 5.41) is 10.4. The van der Waals surface area contributed by atoms with Gasteiger partial charge in [0.2, 0.25) is 5.91 Å². The molecule has 0 aromatic rings. The zero-order chi connectivity index (χ0) is 7.44. The summed E-state index contributed by atoms with van der Waals surface area (Å²) in [5.74, 6) is -1.37. The van der Waals surface area contributed by atoms with Crippen molar-refractivity contribution < 1.29 is 14.7 Å². The molecule has 0 aliphatic rings. The fraction of sp³-hybridized carbons (Fsp3) is 0.500. The van der Waals surface area contributed by atoms with Gasteiger partial charge < -0.3 is 10.4 Å². The first-order valence-corrected chi connectivity index (χ1v) is 3.42. The van der Waals surface area contributed by atoms with Crippen molar-refractivity contribution >= 4 is 34.5 Å². The van der Waals surface area contributed by atoms with Crippen molar-refractivity contribution in [2.45, 2.75) is 11.0 Å². The quantitative estimate of drug-likeness (QED) is 0.406. The molecule has 0 aromatic carbocycles. The molecule has 0 heterocycles. The molecule has 0 saturated carbocycles. The summed E-state index contributed by atoms with van der Waals surface area (Å²) in [5.41, 5.74) is 0. The molecule has 1 unspecified atom stereocenters. The number of aliphatic carboxylic acids is 1. The highest BCUT2D eigenvalue weighted by Crippen LogP contribution is 1.93. The molecule has 52 valence electrons. The van der Waals surface area contributed by atoms with Crippen LogP contribution < -0.4 is 5.32 Å². The van der Waals surface area contributed by atoms with Crippen LogP contribution in [-0.4, -0.2) is 21.0 Å².